The number of sulfone groups is 1. The summed E-state index contributed by atoms with van der Waals surface area (Å²) in [6.45, 7) is 1.51. The fourth-order valence-electron chi connectivity index (χ4n) is 2.01. The maximum atomic E-state index is 11.4. The van der Waals surface area contributed by atoms with Gasteiger partial charge < -0.3 is 10.3 Å². The summed E-state index contributed by atoms with van der Waals surface area (Å²) in [4.78, 5) is 4.68. The molecule has 0 fully saturated rings. The van der Waals surface area contributed by atoms with E-state index in [1.165, 1.54) is 6.26 Å². The van der Waals surface area contributed by atoms with Crippen LogP contribution in [0.5, 0.6) is 0 Å². The number of nitrogens with two attached hydrogens (primary N) is 1. The van der Waals surface area contributed by atoms with Gasteiger partial charge in [0, 0.05) is 31.6 Å². The van der Waals surface area contributed by atoms with Gasteiger partial charge in [0.15, 0.2) is 9.84 Å². The first kappa shape index (κ1) is 14.7. The molecule has 2 rings (SSSR count). The Balaban J connectivity index is 2.12. The van der Waals surface area contributed by atoms with Crippen molar-refractivity contribution in [2.24, 2.45) is 5.73 Å². The zero-order chi connectivity index (χ0) is 14.6. The van der Waals surface area contributed by atoms with Crippen LogP contribution in [0.3, 0.4) is 0 Å². The smallest absolute Gasteiger partial charge is 0.175 e. The highest BCUT2D eigenvalue weighted by Crippen LogP contribution is 2.13. The van der Waals surface area contributed by atoms with Gasteiger partial charge in [-0.3, -0.25) is 0 Å². The number of benzene rings is 1. The van der Waals surface area contributed by atoms with Crippen LogP contribution < -0.4 is 5.73 Å². The minimum atomic E-state index is -3.14. The van der Waals surface area contributed by atoms with Crippen LogP contribution in [0, 0.1) is 0 Å². The summed E-state index contributed by atoms with van der Waals surface area (Å²) in [5, 5.41) is 0. The number of rotatable bonds is 6. The largest absolute Gasteiger partial charge is 0.335 e. The van der Waals surface area contributed by atoms with E-state index in [1.54, 1.807) is 18.3 Å². The molecular weight excluding hydrogens is 274 g/mol. The zero-order valence-electron chi connectivity index (χ0n) is 11.5. The maximum absolute atomic E-state index is 11.4. The Hall–Kier alpha value is -1.66. The minimum Gasteiger partial charge on any atom is -0.335 e. The lowest BCUT2D eigenvalue weighted by molar-refractivity contribution is 0.602. The van der Waals surface area contributed by atoms with Gasteiger partial charge in [-0.05, 0) is 30.7 Å². The summed E-state index contributed by atoms with van der Waals surface area (Å²) in [5.41, 5.74) is 6.55. The molecule has 0 aliphatic heterocycles. The molecule has 0 unspecified atom stereocenters. The van der Waals surface area contributed by atoms with Gasteiger partial charge in [-0.25, -0.2) is 13.4 Å². The monoisotopic (exact) mass is 293 g/mol. The van der Waals surface area contributed by atoms with Crippen molar-refractivity contribution < 1.29 is 8.42 Å². The van der Waals surface area contributed by atoms with E-state index < -0.39 is 9.84 Å². The Bertz CT molecular complexity index is 660. The van der Waals surface area contributed by atoms with E-state index in [4.69, 9.17) is 5.73 Å². The lowest BCUT2D eigenvalue weighted by atomic mass is 10.1. The topological polar surface area (TPSA) is 78.0 Å². The molecule has 0 amide bonds. The molecular formula is C14H19N3O2S. The van der Waals surface area contributed by atoms with Crippen LogP contribution in [0.2, 0.25) is 0 Å². The quantitative estimate of drug-likeness (QED) is 0.869. The van der Waals surface area contributed by atoms with Crippen molar-refractivity contribution in [1.29, 1.82) is 0 Å². The first-order valence-electron chi connectivity index (χ1n) is 6.50. The number of aryl methyl sites for hydroxylation is 1. The Morgan fingerprint density at radius 1 is 1.25 bits per heavy atom. The van der Waals surface area contributed by atoms with E-state index in [0.29, 0.717) is 17.9 Å². The van der Waals surface area contributed by atoms with Crippen LogP contribution in [-0.4, -0.2) is 30.8 Å². The van der Waals surface area contributed by atoms with E-state index in [9.17, 15) is 8.42 Å². The minimum absolute atomic E-state index is 0.340. The highest BCUT2D eigenvalue weighted by molar-refractivity contribution is 7.90. The highest BCUT2D eigenvalue weighted by atomic mass is 32.2. The van der Waals surface area contributed by atoms with Gasteiger partial charge in [0.05, 0.1) is 4.90 Å². The maximum Gasteiger partial charge on any atom is 0.175 e. The molecule has 0 aliphatic carbocycles. The van der Waals surface area contributed by atoms with E-state index in [0.717, 1.165) is 24.4 Å². The second-order valence-electron chi connectivity index (χ2n) is 4.77. The average molecular weight is 293 g/mol. The first-order chi connectivity index (χ1) is 9.50. The molecule has 0 saturated carbocycles. The molecule has 0 atom stereocenters. The van der Waals surface area contributed by atoms with E-state index in [2.05, 4.69) is 9.55 Å². The molecule has 0 bridgehead atoms. The van der Waals surface area contributed by atoms with Crippen LogP contribution in [0.1, 0.15) is 17.8 Å². The molecule has 6 heteroatoms. The molecule has 0 aliphatic rings. The zero-order valence-corrected chi connectivity index (χ0v) is 12.3. The van der Waals surface area contributed by atoms with Crippen LogP contribution >= 0.6 is 0 Å². The fourth-order valence-corrected chi connectivity index (χ4v) is 2.64. The van der Waals surface area contributed by atoms with Gasteiger partial charge in [-0.1, -0.05) is 12.1 Å². The predicted octanol–water partition coefficient (Wildman–Crippen LogP) is 1.23. The number of imidazole rings is 1. The molecule has 5 nitrogen and oxygen atoms in total. The number of hydrogen-bond donors (Lipinski definition) is 1. The highest BCUT2D eigenvalue weighted by Gasteiger charge is 2.08. The third-order valence-corrected chi connectivity index (χ3v) is 4.25. The van der Waals surface area contributed by atoms with Gasteiger partial charge >= 0.3 is 0 Å². The standard InChI is InChI=1S/C14H19N3O2S/c1-20(18,19)13-5-3-12(4-6-13)11-14-16-8-10-17(14)9-2-7-15/h3-6,8,10H,2,7,9,11,15H2,1H3. The van der Waals surface area contributed by atoms with Crippen molar-refractivity contribution in [2.45, 2.75) is 24.3 Å². The van der Waals surface area contributed by atoms with Gasteiger partial charge in [0.1, 0.15) is 5.82 Å². The summed E-state index contributed by atoms with van der Waals surface area (Å²) >= 11 is 0. The van der Waals surface area contributed by atoms with Crippen molar-refractivity contribution in [1.82, 2.24) is 9.55 Å². The molecule has 0 saturated heterocycles. The van der Waals surface area contributed by atoms with Crippen LogP contribution in [-0.2, 0) is 22.8 Å². The second kappa shape index (κ2) is 6.19. The van der Waals surface area contributed by atoms with Crippen molar-refractivity contribution >= 4 is 9.84 Å². The first-order valence-corrected chi connectivity index (χ1v) is 8.39. The molecule has 0 radical (unpaired) electrons. The number of aromatic nitrogens is 2. The molecule has 2 N–H and O–H groups in total. The van der Waals surface area contributed by atoms with Gasteiger partial charge in [-0.2, -0.15) is 0 Å². The Morgan fingerprint density at radius 2 is 1.95 bits per heavy atom. The number of hydrogen-bond acceptors (Lipinski definition) is 4. The molecule has 108 valence electrons. The van der Waals surface area contributed by atoms with Gasteiger partial charge in [0.2, 0.25) is 0 Å². The fraction of sp³-hybridized carbons (Fsp3) is 0.357. The van der Waals surface area contributed by atoms with Crippen molar-refractivity contribution in [3.8, 4) is 0 Å². The van der Waals surface area contributed by atoms with E-state index in [1.807, 2.05) is 18.3 Å². The van der Waals surface area contributed by atoms with E-state index in [-0.39, 0.29) is 0 Å². The van der Waals surface area contributed by atoms with E-state index >= 15 is 0 Å². The molecule has 1 heterocycles. The third kappa shape index (κ3) is 3.68. The van der Waals surface area contributed by atoms with Gasteiger partial charge in [0.25, 0.3) is 0 Å². The van der Waals surface area contributed by atoms with Gasteiger partial charge in [-0.15, -0.1) is 0 Å². The molecule has 0 spiro atoms. The molecule has 1 aromatic heterocycles. The molecule has 20 heavy (non-hydrogen) atoms. The lowest BCUT2D eigenvalue weighted by Crippen LogP contribution is -2.08. The summed E-state index contributed by atoms with van der Waals surface area (Å²) in [5.74, 6) is 0.963. The van der Waals surface area contributed by atoms with Crippen LogP contribution in [0.4, 0.5) is 0 Å². The Labute approximate surface area is 119 Å². The van der Waals surface area contributed by atoms with Crippen molar-refractivity contribution in [3.63, 3.8) is 0 Å². The van der Waals surface area contributed by atoms with Crippen molar-refractivity contribution in [2.75, 3.05) is 12.8 Å². The third-order valence-electron chi connectivity index (χ3n) is 3.12. The van der Waals surface area contributed by atoms with Crippen LogP contribution in [0.25, 0.3) is 0 Å². The average Bonchev–Trinajstić information content (AvgIpc) is 2.83. The lowest BCUT2D eigenvalue weighted by Gasteiger charge is -2.07. The summed E-state index contributed by atoms with van der Waals surface area (Å²) in [7, 11) is -3.14. The normalized spacial score (nSPS) is 11.7. The molecule has 1 aromatic carbocycles. The second-order valence-corrected chi connectivity index (χ2v) is 6.79. The Morgan fingerprint density at radius 3 is 2.55 bits per heavy atom. The predicted molar refractivity (Wildman–Crippen MR) is 78.3 cm³/mol. The van der Waals surface area contributed by atoms with Crippen molar-refractivity contribution in [3.05, 3.63) is 48.0 Å². The summed E-state index contributed by atoms with van der Waals surface area (Å²) < 4.78 is 24.9. The summed E-state index contributed by atoms with van der Waals surface area (Å²) in [6.07, 6.45) is 6.52. The summed E-state index contributed by atoms with van der Waals surface area (Å²) in [6, 6.07) is 6.94. The number of nitrogens with zero attached hydrogens (tertiary/aromatic N) is 2. The SMILES string of the molecule is CS(=O)(=O)c1ccc(Cc2nccn2CCCN)cc1. The molecule has 2 aromatic rings. The Kier molecular flexibility index (Phi) is 4.57. The van der Waals surface area contributed by atoms with Crippen LogP contribution in [0.15, 0.2) is 41.6 Å².